The molecule has 0 aromatic heterocycles. The van der Waals surface area contributed by atoms with Crippen LogP contribution in [0.2, 0.25) is 0 Å². The second-order valence-corrected chi connectivity index (χ2v) is 5.24. The Balaban J connectivity index is 2.44. The number of aldehydes is 1. The zero-order valence-corrected chi connectivity index (χ0v) is 10.4. The van der Waals surface area contributed by atoms with Crippen molar-refractivity contribution in [2.45, 2.75) is 59.3 Å². The largest absolute Gasteiger partial charge is 0.298 e. The molecule has 0 bridgehead atoms. The minimum atomic E-state index is 0.692. The van der Waals surface area contributed by atoms with E-state index in [1.807, 2.05) is 0 Å². The summed E-state index contributed by atoms with van der Waals surface area (Å²) in [5.41, 5.74) is 2.45. The van der Waals surface area contributed by atoms with Crippen LogP contribution in [0.3, 0.4) is 0 Å². The molecule has 0 unspecified atom stereocenters. The molecular weight excluding hydrogens is 184 g/mol. The molecule has 1 aliphatic rings. The van der Waals surface area contributed by atoms with Gasteiger partial charge in [0, 0.05) is 0 Å². The van der Waals surface area contributed by atoms with Gasteiger partial charge in [0.1, 0.15) is 6.29 Å². The summed E-state index contributed by atoms with van der Waals surface area (Å²) < 4.78 is 0. The molecule has 0 aromatic carbocycles. The summed E-state index contributed by atoms with van der Waals surface area (Å²) in [5.74, 6) is 1.50. The third-order valence-corrected chi connectivity index (χ3v) is 3.59. The van der Waals surface area contributed by atoms with Crippen molar-refractivity contribution in [1.82, 2.24) is 0 Å². The molecular formula is C14H24O. The van der Waals surface area contributed by atoms with Gasteiger partial charge in [0.2, 0.25) is 0 Å². The minimum Gasteiger partial charge on any atom is -0.298 e. The average molecular weight is 208 g/mol. The van der Waals surface area contributed by atoms with E-state index in [1.54, 1.807) is 0 Å². The van der Waals surface area contributed by atoms with Gasteiger partial charge >= 0.3 is 0 Å². The highest BCUT2D eigenvalue weighted by molar-refractivity contribution is 5.74. The summed E-state index contributed by atoms with van der Waals surface area (Å²) in [6.45, 7) is 6.71. The standard InChI is InChI=1S/C14H24O/c1-11(2)6-4-7-13-8-5-9-14(10-15)12(13)3/h10-11,13H,4-9H2,1-3H3/t13-/m0/s1. The molecule has 0 aromatic rings. The average Bonchev–Trinajstić information content (AvgIpc) is 2.20. The number of carbonyl (C=O) groups excluding carboxylic acids is 1. The van der Waals surface area contributed by atoms with Crippen LogP contribution in [-0.4, -0.2) is 6.29 Å². The van der Waals surface area contributed by atoms with Crippen LogP contribution in [0, 0.1) is 11.8 Å². The molecule has 1 nitrogen and oxygen atoms in total. The molecule has 0 fully saturated rings. The molecule has 0 spiro atoms. The predicted octanol–water partition coefficient (Wildman–Crippen LogP) is 4.13. The summed E-state index contributed by atoms with van der Waals surface area (Å²) in [6, 6.07) is 0. The quantitative estimate of drug-likeness (QED) is 0.621. The highest BCUT2D eigenvalue weighted by Crippen LogP contribution is 2.32. The van der Waals surface area contributed by atoms with Crippen LogP contribution in [-0.2, 0) is 4.79 Å². The van der Waals surface area contributed by atoms with Gasteiger partial charge in [-0.1, -0.05) is 32.3 Å². The van der Waals surface area contributed by atoms with Crippen molar-refractivity contribution in [2.24, 2.45) is 11.8 Å². The zero-order valence-electron chi connectivity index (χ0n) is 10.4. The van der Waals surface area contributed by atoms with E-state index in [0.717, 1.165) is 24.2 Å². The van der Waals surface area contributed by atoms with Crippen molar-refractivity contribution in [1.29, 1.82) is 0 Å². The summed E-state index contributed by atoms with van der Waals surface area (Å²) in [4.78, 5) is 10.8. The van der Waals surface area contributed by atoms with Gasteiger partial charge in [-0.25, -0.2) is 0 Å². The van der Waals surface area contributed by atoms with Gasteiger partial charge in [0.15, 0.2) is 0 Å². The lowest BCUT2D eigenvalue weighted by atomic mass is 9.81. The second-order valence-electron chi connectivity index (χ2n) is 5.24. The second kappa shape index (κ2) is 6.09. The summed E-state index contributed by atoms with van der Waals surface area (Å²) in [7, 11) is 0. The highest BCUT2D eigenvalue weighted by atomic mass is 16.1. The number of allylic oxidation sites excluding steroid dienone is 2. The van der Waals surface area contributed by atoms with E-state index in [-0.39, 0.29) is 0 Å². The van der Waals surface area contributed by atoms with Gasteiger partial charge in [-0.3, -0.25) is 4.79 Å². The molecule has 0 saturated heterocycles. The van der Waals surface area contributed by atoms with Gasteiger partial charge in [-0.15, -0.1) is 0 Å². The summed E-state index contributed by atoms with van der Waals surface area (Å²) in [6.07, 6.45) is 8.49. The monoisotopic (exact) mass is 208 g/mol. The molecule has 86 valence electrons. The fourth-order valence-electron chi connectivity index (χ4n) is 2.50. The molecule has 0 aliphatic heterocycles. The van der Waals surface area contributed by atoms with Gasteiger partial charge in [0.25, 0.3) is 0 Å². The molecule has 1 heteroatoms. The maximum Gasteiger partial charge on any atom is 0.145 e. The molecule has 1 rings (SSSR count). The lowest BCUT2D eigenvalue weighted by Crippen LogP contribution is -2.11. The normalized spacial score (nSPS) is 22.3. The van der Waals surface area contributed by atoms with Crippen LogP contribution in [0.25, 0.3) is 0 Å². The summed E-state index contributed by atoms with van der Waals surface area (Å²) in [5, 5.41) is 0. The minimum absolute atomic E-state index is 0.692. The molecule has 0 amide bonds. The third-order valence-electron chi connectivity index (χ3n) is 3.59. The molecule has 0 saturated carbocycles. The Labute approximate surface area is 93.9 Å². The van der Waals surface area contributed by atoms with E-state index in [9.17, 15) is 4.79 Å². The van der Waals surface area contributed by atoms with Crippen LogP contribution in [0.5, 0.6) is 0 Å². The van der Waals surface area contributed by atoms with Crippen molar-refractivity contribution in [3.63, 3.8) is 0 Å². The number of carbonyl (C=O) groups is 1. The van der Waals surface area contributed by atoms with E-state index in [2.05, 4.69) is 20.8 Å². The van der Waals surface area contributed by atoms with E-state index in [4.69, 9.17) is 0 Å². The Morgan fingerprint density at radius 3 is 2.80 bits per heavy atom. The summed E-state index contributed by atoms with van der Waals surface area (Å²) >= 11 is 0. The van der Waals surface area contributed by atoms with Crippen molar-refractivity contribution in [3.05, 3.63) is 11.1 Å². The maximum absolute atomic E-state index is 10.8. The first-order chi connectivity index (χ1) is 7.15. The van der Waals surface area contributed by atoms with E-state index in [1.165, 1.54) is 37.7 Å². The Morgan fingerprint density at radius 1 is 1.47 bits per heavy atom. The van der Waals surface area contributed by atoms with Crippen LogP contribution in [0.15, 0.2) is 11.1 Å². The molecule has 0 N–H and O–H groups in total. The molecule has 15 heavy (non-hydrogen) atoms. The highest BCUT2D eigenvalue weighted by Gasteiger charge is 2.19. The van der Waals surface area contributed by atoms with Gasteiger partial charge in [-0.05, 0) is 50.0 Å². The van der Waals surface area contributed by atoms with Gasteiger partial charge in [-0.2, -0.15) is 0 Å². The zero-order chi connectivity index (χ0) is 11.3. The van der Waals surface area contributed by atoms with Crippen LogP contribution >= 0.6 is 0 Å². The van der Waals surface area contributed by atoms with Crippen LogP contribution in [0.1, 0.15) is 59.3 Å². The van der Waals surface area contributed by atoms with Gasteiger partial charge < -0.3 is 0 Å². The van der Waals surface area contributed by atoms with Gasteiger partial charge in [0.05, 0.1) is 0 Å². The topological polar surface area (TPSA) is 17.1 Å². The van der Waals surface area contributed by atoms with Crippen molar-refractivity contribution in [3.8, 4) is 0 Å². The van der Waals surface area contributed by atoms with Crippen LogP contribution in [0.4, 0.5) is 0 Å². The number of hydrogen-bond acceptors (Lipinski definition) is 1. The first-order valence-corrected chi connectivity index (χ1v) is 6.30. The van der Waals surface area contributed by atoms with Crippen molar-refractivity contribution >= 4 is 6.29 Å². The number of rotatable bonds is 5. The van der Waals surface area contributed by atoms with Crippen molar-refractivity contribution in [2.75, 3.05) is 0 Å². The van der Waals surface area contributed by atoms with Crippen molar-refractivity contribution < 1.29 is 4.79 Å². The maximum atomic E-state index is 10.8. The Bertz CT molecular complexity index is 238. The first-order valence-electron chi connectivity index (χ1n) is 6.30. The Kier molecular flexibility index (Phi) is 5.07. The number of hydrogen-bond donors (Lipinski definition) is 0. The molecule has 1 atom stereocenters. The third kappa shape index (κ3) is 3.81. The predicted molar refractivity (Wildman–Crippen MR) is 64.8 cm³/mol. The fourth-order valence-corrected chi connectivity index (χ4v) is 2.50. The molecule has 0 radical (unpaired) electrons. The lowest BCUT2D eigenvalue weighted by Gasteiger charge is -2.24. The van der Waals surface area contributed by atoms with E-state index < -0.39 is 0 Å². The first kappa shape index (κ1) is 12.5. The molecule has 0 heterocycles. The van der Waals surface area contributed by atoms with E-state index in [0.29, 0.717) is 5.92 Å². The van der Waals surface area contributed by atoms with Crippen LogP contribution < -0.4 is 0 Å². The fraction of sp³-hybridized carbons (Fsp3) is 0.786. The lowest BCUT2D eigenvalue weighted by molar-refractivity contribution is -0.105. The SMILES string of the molecule is CC1=C(C=O)CCC[C@@H]1CCCC(C)C. The Morgan fingerprint density at radius 2 is 2.20 bits per heavy atom. The van der Waals surface area contributed by atoms with E-state index >= 15 is 0 Å². The smallest absolute Gasteiger partial charge is 0.145 e. The Hall–Kier alpha value is -0.590. The molecule has 1 aliphatic carbocycles.